The van der Waals surface area contributed by atoms with Gasteiger partial charge in [0.2, 0.25) is 0 Å². The van der Waals surface area contributed by atoms with Gasteiger partial charge in [-0.05, 0) is 114 Å². The monoisotopic (exact) mass is 922 g/mol. The molecule has 0 spiro atoms. The fourth-order valence-corrected chi connectivity index (χ4v) is 5.51. The zero-order valence-electron chi connectivity index (χ0n) is 33.4. The highest BCUT2D eigenvalue weighted by Crippen LogP contribution is 2.35. The molecule has 5 aromatic carbocycles. The number of carbonyl (C=O) groups excluding carboxylic acids is 2. The topological polar surface area (TPSA) is 142 Å². The highest BCUT2D eigenvalue weighted by Gasteiger charge is 2.36. The third-order valence-electron chi connectivity index (χ3n) is 8.67. The smallest absolute Gasteiger partial charge is 0.426 e. The molecule has 0 saturated heterocycles. The Hall–Kier alpha value is -7.38. The highest BCUT2D eigenvalue weighted by molar-refractivity contribution is 5.87. The van der Waals surface area contributed by atoms with Gasteiger partial charge in [0.25, 0.3) is 0 Å². The Bertz CT molecular complexity index is 2280. The molecule has 0 atom stereocenters. The summed E-state index contributed by atoms with van der Waals surface area (Å²) >= 11 is 0. The van der Waals surface area contributed by atoms with Gasteiger partial charge in [-0.3, -0.25) is 0 Å². The summed E-state index contributed by atoms with van der Waals surface area (Å²) in [5.41, 5.74) is 12.4. The van der Waals surface area contributed by atoms with E-state index in [9.17, 15) is 53.5 Å². The van der Waals surface area contributed by atoms with Crippen LogP contribution in [0, 0.1) is 0 Å². The van der Waals surface area contributed by atoms with E-state index in [1.807, 2.05) is 0 Å². The van der Waals surface area contributed by atoms with Crippen LogP contribution in [0.4, 0.5) is 55.3 Å². The van der Waals surface area contributed by atoms with Crippen molar-refractivity contribution in [2.75, 3.05) is 37.9 Å². The van der Waals surface area contributed by atoms with Crippen LogP contribution in [0.2, 0.25) is 0 Å². The van der Waals surface area contributed by atoms with E-state index in [1.165, 1.54) is 48.6 Å². The van der Waals surface area contributed by atoms with Crippen LogP contribution >= 0.6 is 0 Å². The van der Waals surface area contributed by atoms with E-state index in [0.29, 0.717) is 22.4 Å². The van der Waals surface area contributed by atoms with Crippen LogP contribution in [0.3, 0.4) is 0 Å². The molecule has 5 rings (SSSR count). The lowest BCUT2D eigenvalue weighted by Crippen LogP contribution is -2.22. The molecule has 0 amide bonds. The van der Waals surface area contributed by atoms with Gasteiger partial charge in [0, 0.05) is 23.5 Å². The number of rotatable bonds is 19. The number of esters is 2. The first-order valence-corrected chi connectivity index (χ1v) is 18.8. The van der Waals surface area contributed by atoms with Crippen LogP contribution in [0.5, 0.6) is 23.0 Å². The maximum atomic E-state index is 14.8. The Labute approximate surface area is 363 Å². The summed E-state index contributed by atoms with van der Waals surface area (Å²) in [6, 6.07) is 22.0. The fraction of sp³-hybridized carbons (Fsp3) is 0.200. The number of hydrogen-bond acceptors (Lipinski definition) is 10. The normalized spacial score (nSPS) is 12.4. The molecule has 344 valence electrons. The average molecular weight is 923 g/mol. The molecular weight excluding hydrogens is 886 g/mol. The summed E-state index contributed by atoms with van der Waals surface area (Å²) in [6.45, 7) is -3.81. The molecule has 0 heterocycles. The first-order valence-electron chi connectivity index (χ1n) is 18.8. The van der Waals surface area contributed by atoms with Crippen molar-refractivity contribution in [3.8, 4) is 23.0 Å². The standard InChI is InChI=1S/C45H36F10N2O8/c46-42(47,48)26-62-34-12-16-36(17-13-34)64-44(52,53)31-7-1-28(2-8-31)5-21-40(58)60-24-30(38-20-11-33(56)23-39(38)57)25-61-41(59)22-6-29-3-9-32(10-4-29)45(54,55)65-37-18-14-35(15-19-37)63-27-43(49,50)51/h1-23,30H,24-27,56-57H2/b21-5+,22-6+. The van der Waals surface area contributed by atoms with Gasteiger partial charge in [-0.2, -0.15) is 43.9 Å². The summed E-state index contributed by atoms with van der Waals surface area (Å²) in [6.07, 6.45) is -12.2. The summed E-state index contributed by atoms with van der Waals surface area (Å²) in [5.74, 6) is -3.61. The van der Waals surface area contributed by atoms with Crippen LogP contribution in [-0.2, 0) is 31.3 Å². The third kappa shape index (κ3) is 15.7. The second-order valence-corrected chi connectivity index (χ2v) is 13.7. The van der Waals surface area contributed by atoms with Crippen LogP contribution in [0.1, 0.15) is 33.7 Å². The first kappa shape index (κ1) is 48.6. The van der Waals surface area contributed by atoms with Gasteiger partial charge in [0.05, 0.1) is 17.0 Å². The predicted molar refractivity (Wildman–Crippen MR) is 216 cm³/mol. The molecule has 65 heavy (non-hydrogen) atoms. The number of alkyl halides is 10. The highest BCUT2D eigenvalue weighted by atomic mass is 19.4. The van der Waals surface area contributed by atoms with Crippen molar-refractivity contribution in [1.29, 1.82) is 0 Å². The van der Waals surface area contributed by atoms with E-state index in [1.54, 1.807) is 6.07 Å². The average Bonchev–Trinajstić information content (AvgIpc) is 3.24. The van der Waals surface area contributed by atoms with Gasteiger partial charge < -0.3 is 39.9 Å². The maximum absolute atomic E-state index is 14.8. The first-order chi connectivity index (χ1) is 30.5. The minimum Gasteiger partial charge on any atom is -0.484 e. The molecule has 0 bridgehead atoms. The number of halogens is 10. The fourth-order valence-electron chi connectivity index (χ4n) is 5.51. The Kier molecular flexibility index (Phi) is 15.6. The van der Waals surface area contributed by atoms with Gasteiger partial charge in [0.1, 0.15) is 36.2 Å². The van der Waals surface area contributed by atoms with Gasteiger partial charge in [-0.1, -0.05) is 30.3 Å². The lowest BCUT2D eigenvalue weighted by Gasteiger charge is -2.19. The minimum absolute atomic E-state index is 0.201. The van der Waals surface area contributed by atoms with Crippen molar-refractivity contribution in [3.05, 3.63) is 155 Å². The van der Waals surface area contributed by atoms with Crippen LogP contribution in [0.25, 0.3) is 12.2 Å². The van der Waals surface area contributed by atoms with Crippen molar-refractivity contribution < 1.29 is 81.9 Å². The molecule has 20 heteroatoms. The number of carbonyl (C=O) groups is 2. The molecule has 0 radical (unpaired) electrons. The lowest BCUT2D eigenvalue weighted by atomic mass is 9.98. The molecular formula is C45H36F10N2O8. The van der Waals surface area contributed by atoms with Gasteiger partial charge >= 0.3 is 36.5 Å². The van der Waals surface area contributed by atoms with Crippen molar-refractivity contribution in [1.82, 2.24) is 0 Å². The van der Waals surface area contributed by atoms with Gasteiger partial charge in [-0.15, -0.1) is 0 Å². The molecule has 10 nitrogen and oxygen atoms in total. The van der Waals surface area contributed by atoms with Gasteiger partial charge in [0.15, 0.2) is 13.2 Å². The maximum Gasteiger partial charge on any atom is 0.426 e. The zero-order chi connectivity index (χ0) is 47.4. The van der Waals surface area contributed by atoms with Gasteiger partial charge in [-0.25, -0.2) is 9.59 Å². The van der Waals surface area contributed by atoms with Crippen LogP contribution in [-0.4, -0.2) is 50.7 Å². The SMILES string of the molecule is Nc1ccc(C(COC(=O)/C=C/c2ccc(C(F)(F)Oc3ccc(OCC(F)(F)F)cc3)cc2)COC(=O)/C=C/c2ccc(C(F)(F)Oc3ccc(OCC(F)(F)F)cc3)cc2)c(N)c1. The van der Waals surface area contributed by atoms with E-state index in [2.05, 4.69) is 9.47 Å². The summed E-state index contributed by atoms with van der Waals surface area (Å²) in [7, 11) is 0. The molecule has 4 N–H and O–H groups in total. The number of ether oxygens (including phenoxy) is 6. The molecule has 0 aromatic heterocycles. The third-order valence-corrected chi connectivity index (χ3v) is 8.67. The minimum atomic E-state index is -4.58. The predicted octanol–water partition coefficient (Wildman–Crippen LogP) is 10.6. The Morgan fingerprint density at radius 2 is 0.877 bits per heavy atom. The van der Waals surface area contributed by atoms with E-state index in [-0.39, 0.29) is 41.9 Å². The molecule has 0 unspecified atom stereocenters. The van der Waals surface area contributed by atoms with E-state index < -0.39 is 66.8 Å². The summed E-state index contributed by atoms with van der Waals surface area (Å²) in [4.78, 5) is 25.4. The summed E-state index contributed by atoms with van der Waals surface area (Å²) < 4.78 is 163. The molecule has 0 fully saturated rings. The largest absolute Gasteiger partial charge is 0.484 e. The number of nitrogen functional groups attached to an aromatic ring is 2. The molecule has 0 aliphatic heterocycles. The van der Waals surface area contributed by atoms with E-state index >= 15 is 0 Å². The summed E-state index contributed by atoms with van der Waals surface area (Å²) in [5, 5.41) is 0. The second kappa shape index (κ2) is 20.9. The second-order valence-electron chi connectivity index (χ2n) is 13.7. The number of nitrogens with two attached hydrogens (primary N) is 2. The van der Waals surface area contributed by atoms with Crippen molar-refractivity contribution in [3.63, 3.8) is 0 Å². The van der Waals surface area contributed by atoms with E-state index in [0.717, 1.165) is 84.9 Å². The molecule has 0 aliphatic carbocycles. The van der Waals surface area contributed by atoms with Crippen molar-refractivity contribution >= 4 is 35.5 Å². The Morgan fingerprint density at radius 3 is 1.23 bits per heavy atom. The number of benzene rings is 5. The number of anilines is 2. The van der Waals surface area contributed by atoms with Crippen molar-refractivity contribution in [2.24, 2.45) is 0 Å². The van der Waals surface area contributed by atoms with Crippen LogP contribution in [0.15, 0.2) is 127 Å². The number of hydrogen-bond donors (Lipinski definition) is 2. The molecule has 5 aromatic rings. The van der Waals surface area contributed by atoms with E-state index in [4.69, 9.17) is 30.4 Å². The Balaban J connectivity index is 1.13. The zero-order valence-corrected chi connectivity index (χ0v) is 33.4. The molecule has 0 aliphatic rings. The lowest BCUT2D eigenvalue weighted by molar-refractivity contribution is -0.186. The Morgan fingerprint density at radius 1 is 0.508 bits per heavy atom. The quantitative estimate of drug-likeness (QED) is 0.0356. The van der Waals surface area contributed by atoms with Crippen molar-refractivity contribution in [2.45, 2.75) is 30.5 Å². The molecule has 0 saturated carbocycles. The van der Waals surface area contributed by atoms with Crippen LogP contribution < -0.4 is 30.4 Å².